The van der Waals surface area contributed by atoms with Crippen LogP contribution in [0.15, 0.2) is 48.2 Å². The molecule has 11 nitrogen and oxygen atoms in total. The average molecular weight is 537 g/mol. The van der Waals surface area contributed by atoms with Gasteiger partial charge in [0.2, 0.25) is 0 Å². The standard InChI is InChI=1S/C21H19F3N8O2S.CH4O/c1-20(23,24)17-13-7-35-19(25)31-21(13,8-34-17)12-4-11(2-3-14(12)22)30-18(33)15-5-28-16(6-27-15)32-10-26-9-29-32;1-2/h2-6,9-10,13,17H,7-8H2,1H3,(H2,25,31)(H,30,33);2H,1H3/t13-,17+,21-;/m1./s1. The number of hydrogen-bond acceptors (Lipinski definition) is 10. The smallest absolute Gasteiger partial charge is 0.275 e. The Bertz CT molecular complexity index is 1290. The molecule has 15 heteroatoms. The molecule has 0 bridgehead atoms. The molecule has 37 heavy (non-hydrogen) atoms. The van der Waals surface area contributed by atoms with Gasteiger partial charge in [0.1, 0.15) is 35.8 Å². The van der Waals surface area contributed by atoms with Gasteiger partial charge in [0.15, 0.2) is 11.0 Å². The average Bonchev–Trinajstić information content (AvgIpc) is 3.55. The van der Waals surface area contributed by atoms with E-state index in [2.05, 4.69) is 30.4 Å². The fourth-order valence-corrected chi connectivity index (χ4v) is 5.31. The molecule has 2 aliphatic heterocycles. The van der Waals surface area contributed by atoms with E-state index in [1.54, 1.807) is 0 Å². The number of nitrogens with one attached hydrogen (secondary N) is 1. The number of halogens is 3. The van der Waals surface area contributed by atoms with Crippen molar-refractivity contribution in [2.75, 3.05) is 24.8 Å². The summed E-state index contributed by atoms with van der Waals surface area (Å²) in [6, 6.07) is 3.86. The van der Waals surface area contributed by atoms with E-state index in [9.17, 15) is 13.6 Å². The van der Waals surface area contributed by atoms with Crippen molar-refractivity contribution in [1.29, 1.82) is 0 Å². The molecule has 0 saturated carbocycles. The summed E-state index contributed by atoms with van der Waals surface area (Å²) in [5.74, 6) is -4.70. The number of alkyl halides is 2. The zero-order chi connectivity index (χ0) is 26.8. The van der Waals surface area contributed by atoms with Gasteiger partial charge in [-0.3, -0.25) is 4.79 Å². The van der Waals surface area contributed by atoms with Crippen molar-refractivity contribution in [1.82, 2.24) is 24.7 Å². The van der Waals surface area contributed by atoms with Crippen LogP contribution in [-0.2, 0) is 10.3 Å². The SMILES string of the molecule is CC(F)(F)[C@H]1OC[C@]2(c3cc(NC(=O)c4cnc(-n5cncn5)cn4)ccc3F)N=C(N)SC[C@H]12.CO. The number of nitrogens with zero attached hydrogens (tertiary/aromatic N) is 6. The van der Waals surface area contributed by atoms with Crippen LogP contribution in [0.4, 0.5) is 18.9 Å². The lowest BCUT2D eigenvalue weighted by Gasteiger charge is -2.37. The van der Waals surface area contributed by atoms with Gasteiger partial charge in [0, 0.05) is 37.0 Å². The molecule has 2 aromatic heterocycles. The number of carbonyl (C=O) groups excluding carboxylic acids is 1. The Labute approximate surface area is 213 Å². The monoisotopic (exact) mass is 536 g/mol. The molecule has 4 N–H and O–H groups in total. The number of anilines is 1. The zero-order valence-corrected chi connectivity index (χ0v) is 20.5. The number of benzene rings is 1. The van der Waals surface area contributed by atoms with Gasteiger partial charge in [-0.15, -0.1) is 0 Å². The van der Waals surface area contributed by atoms with Gasteiger partial charge in [0.05, 0.1) is 19.0 Å². The van der Waals surface area contributed by atoms with E-state index in [4.69, 9.17) is 15.6 Å². The summed E-state index contributed by atoms with van der Waals surface area (Å²) < 4.78 is 50.4. The van der Waals surface area contributed by atoms with Crippen molar-refractivity contribution in [2.45, 2.75) is 24.5 Å². The van der Waals surface area contributed by atoms with Crippen LogP contribution in [-0.4, -0.2) is 72.4 Å². The second-order valence-corrected chi connectivity index (χ2v) is 9.27. The van der Waals surface area contributed by atoms with Gasteiger partial charge in [-0.25, -0.2) is 37.8 Å². The molecule has 0 unspecified atom stereocenters. The molecule has 3 atom stereocenters. The van der Waals surface area contributed by atoms with E-state index < -0.39 is 35.2 Å². The number of hydrogen-bond donors (Lipinski definition) is 3. The second kappa shape index (κ2) is 10.4. The Morgan fingerprint density at radius 2 is 2.11 bits per heavy atom. The number of nitrogens with two attached hydrogens (primary N) is 1. The van der Waals surface area contributed by atoms with E-state index in [0.717, 1.165) is 31.9 Å². The van der Waals surface area contributed by atoms with E-state index in [-0.39, 0.29) is 34.5 Å². The molecule has 196 valence electrons. The van der Waals surface area contributed by atoms with Crippen LogP contribution in [0.3, 0.4) is 0 Å². The Balaban J connectivity index is 0.00000156. The number of ether oxygens (including phenoxy) is 1. The summed E-state index contributed by atoms with van der Waals surface area (Å²) in [4.78, 5) is 29.1. The molecule has 0 spiro atoms. The minimum absolute atomic E-state index is 0.00185. The summed E-state index contributed by atoms with van der Waals surface area (Å²) in [5, 5.41) is 13.7. The maximum absolute atomic E-state index is 15.1. The third-order valence-corrected chi connectivity index (χ3v) is 6.81. The molecular weight excluding hydrogens is 513 g/mol. The molecule has 4 heterocycles. The van der Waals surface area contributed by atoms with Gasteiger partial charge in [-0.2, -0.15) is 5.10 Å². The van der Waals surface area contributed by atoms with Crippen LogP contribution in [0, 0.1) is 11.7 Å². The van der Waals surface area contributed by atoms with E-state index in [1.165, 1.54) is 41.9 Å². The van der Waals surface area contributed by atoms with Crippen molar-refractivity contribution in [3.05, 3.63) is 60.3 Å². The topological polar surface area (TPSA) is 153 Å². The van der Waals surface area contributed by atoms with Gasteiger partial charge in [-0.05, 0) is 18.2 Å². The molecule has 1 aromatic carbocycles. The van der Waals surface area contributed by atoms with Crippen LogP contribution in [0.5, 0.6) is 0 Å². The first-order valence-electron chi connectivity index (χ1n) is 10.9. The van der Waals surface area contributed by atoms with Crippen LogP contribution in [0.1, 0.15) is 23.0 Å². The predicted molar refractivity (Wildman–Crippen MR) is 129 cm³/mol. The second-order valence-electron chi connectivity index (χ2n) is 8.23. The van der Waals surface area contributed by atoms with E-state index in [1.807, 2.05) is 0 Å². The lowest BCUT2D eigenvalue weighted by atomic mass is 9.77. The molecule has 1 fully saturated rings. The summed E-state index contributed by atoms with van der Waals surface area (Å²) in [6.07, 6.45) is 3.92. The number of aliphatic imine (C=N–C) groups is 1. The van der Waals surface area contributed by atoms with Crippen molar-refractivity contribution >= 4 is 28.5 Å². The lowest BCUT2D eigenvalue weighted by Crippen LogP contribution is -2.46. The summed E-state index contributed by atoms with van der Waals surface area (Å²) in [5.41, 5.74) is 4.71. The van der Waals surface area contributed by atoms with Crippen LogP contribution in [0.2, 0.25) is 0 Å². The molecule has 0 aliphatic carbocycles. The van der Waals surface area contributed by atoms with Crippen LogP contribution >= 0.6 is 11.8 Å². The first-order chi connectivity index (χ1) is 17.7. The highest BCUT2D eigenvalue weighted by molar-refractivity contribution is 8.13. The Hall–Kier alpha value is -3.56. The minimum atomic E-state index is -3.16. The third kappa shape index (κ3) is 5.14. The number of amidine groups is 1. The predicted octanol–water partition coefficient (Wildman–Crippen LogP) is 1.98. The molecule has 1 saturated heterocycles. The van der Waals surface area contributed by atoms with Gasteiger partial charge >= 0.3 is 0 Å². The maximum Gasteiger partial charge on any atom is 0.275 e. The number of thioether (sulfide) groups is 1. The quantitative estimate of drug-likeness (QED) is 0.444. The van der Waals surface area contributed by atoms with Crippen molar-refractivity contribution in [3.8, 4) is 5.82 Å². The number of fused-ring (bicyclic) bond motifs is 1. The molecule has 0 radical (unpaired) electrons. The number of rotatable bonds is 5. The third-order valence-electron chi connectivity index (χ3n) is 5.90. The Morgan fingerprint density at radius 1 is 1.32 bits per heavy atom. The molecule has 1 amide bonds. The minimum Gasteiger partial charge on any atom is -0.400 e. The summed E-state index contributed by atoms with van der Waals surface area (Å²) >= 11 is 1.12. The summed E-state index contributed by atoms with van der Waals surface area (Å²) in [7, 11) is 1.00. The molecule has 2 aliphatic rings. The number of aliphatic hydroxyl groups is 1. The first kappa shape index (κ1) is 26.5. The Morgan fingerprint density at radius 3 is 2.76 bits per heavy atom. The zero-order valence-electron chi connectivity index (χ0n) is 19.7. The lowest BCUT2D eigenvalue weighted by molar-refractivity contribution is -0.113. The number of aliphatic hydroxyl groups excluding tert-OH is 1. The highest BCUT2D eigenvalue weighted by Crippen LogP contribution is 2.51. The van der Waals surface area contributed by atoms with Crippen LogP contribution < -0.4 is 11.1 Å². The fraction of sp³-hybridized carbons (Fsp3) is 0.364. The van der Waals surface area contributed by atoms with E-state index in [0.29, 0.717) is 5.82 Å². The highest BCUT2D eigenvalue weighted by atomic mass is 32.2. The number of amides is 1. The van der Waals surface area contributed by atoms with Gasteiger partial charge in [0.25, 0.3) is 11.8 Å². The number of carbonyl (C=O) groups is 1. The number of aromatic nitrogens is 5. The largest absolute Gasteiger partial charge is 0.400 e. The van der Waals surface area contributed by atoms with Crippen molar-refractivity contribution in [3.63, 3.8) is 0 Å². The van der Waals surface area contributed by atoms with E-state index >= 15 is 4.39 Å². The normalized spacial score (nSPS) is 22.9. The maximum atomic E-state index is 15.1. The van der Waals surface area contributed by atoms with Gasteiger partial charge in [-0.1, -0.05) is 11.8 Å². The highest BCUT2D eigenvalue weighted by Gasteiger charge is 2.59. The fourth-order valence-electron chi connectivity index (χ4n) is 4.29. The molecule has 3 aromatic rings. The van der Waals surface area contributed by atoms with Crippen molar-refractivity contribution in [2.24, 2.45) is 16.6 Å². The summed E-state index contributed by atoms with van der Waals surface area (Å²) in [6.45, 7) is 0.499. The van der Waals surface area contributed by atoms with Gasteiger partial charge < -0.3 is 20.9 Å². The van der Waals surface area contributed by atoms with Crippen LogP contribution in [0.25, 0.3) is 5.82 Å². The molecule has 5 rings (SSSR count). The Kier molecular flexibility index (Phi) is 7.47. The first-order valence-corrected chi connectivity index (χ1v) is 11.9. The molecular formula is C22H23F3N8O3S. The van der Waals surface area contributed by atoms with Crippen molar-refractivity contribution < 1.29 is 27.8 Å².